The zero-order valence-electron chi connectivity index (χ0n) is 16.0. The zero-order valence-corrected chi connectivity index (χ0v) is 17.6. The van der Waals surface area contributed by atoms with Crippen molar-refractivity contribution in [3.8, 4) is 5.75 Å². The van der Waals surface area contributed by atoms with Gasteiger partial charge in [0.25, 0.3) is 0 Å². The van der Waals surface area contributed by atoms with Gasteiger partial charge >= 0.3 is 0 Å². The standard InChI is InChI=1S/C19H25ClN4O2S/c1-12(17(25)21-19(2,3)4)27-18-23-22-16(24(18)13-9-10-13)11-26-15-8-6-5-7-14(15)20/h5-8,12-13H,9-11H2,1-4H3,(H,21,25)/t12-/m0/s1. The van der Waals surface area contributed by atoms with Crippen LogP contribution >= 0.6 is 23.4 Å². The molecule has 1 heterocycles. The highest BCUT2D eigenvalue weighted by Crippen LogP contribution is 2.39. The van der Waals surface area contributed by atoms with Crippen molar-refractivity contribution in [3.63, 3.8) is 0 Å². The van der Waals surface area contributed by atoms with E-state index < -0.39 is 0 Å². The Kier molecular flexibility index (Phi) is 6.01. The highest BCUT2D eigenvalue weighted by molar-refractivity contribution is 8.00. The van der Waals surface area contributed by atoms with Crippen LogP contribution in [0, 0.1) is 0 Å². The molecule has 1 atom stereocenters. The van der Waals surface area contributed by atoms with Gasteiger partial charge in [-0.2, -0.15) is 0 Å². The fraction of sp³-hybridized carbons (Fsp3) is 0.526. The Morgan fingerprint density at radius 2 is 2.07 bits per heavy atom. The average Bonchev–Trinajstić information content (AvgIpc) is 3.34. The zero-order chi connectivity index (χ0) is 19.6. The Balaban J connectivity index is 1.70. The molecule has 8 heteroatoms. The number of para-hydroxylation sites is 1. The predicted molar refractivity (Wildman–Crippen MR) is 107 cm³/mol. The first-order valence-electron chi connectivity index (χ1n) is 9.04. The van der Waals surface area contributed by atoms with Gasteiger partial charge in [-0.3, -0.25) is 9.36 Å². The van der Waals surface area contributed by atoms with E-state index in [9.17, 15) is 4.79 Å². The summed E-state index contributed by atoms with van der Waals surface area (Å²) in [6.07, 6.45) is 2.18. The second-order valence-electron chi connectivity index (χ2n) is 7.72. The summed E-state index contributed by atoms with van der Waals surface area (Å²) in [6, 6.07) is 7.74. The molecule has 1 amide bonds. The molecule has 0 aliphatic heterocycles. The van der Waals surface area contributed by atoms with Crippen LogP contribution in [0.1, 0.15) is 52.4 Å². The van der Waals surface area contributed by atoms with Crippen molar-refractivity contribution in [1.29, 1.82) is 0 Å². The molecule has 0 unspecified atom stereocenters. The van der Waals surface area contributed by atoms with Crippen LogP contribution in [0.2, 0.25) is 5.02 Å². The van der Waals surface area contributed by atoms with Gasteiger partial charge in [0.15, 0.2) is 11.0 Å². The lowest BCUT2D eigenvalue weighted by Gasteiger charge is -2.23. The molecule has 146 valence electrons. The first-order chi connectivity index (χ1) is 12.7. The number of amides is 1. The largest absolute Gasteiger partial charge is 0.484 e. The minimum atomic E-state index is -0.261. The molecule has 6 nitrogen and oxygen atoms in total. The van der Waals surface area contributed by atoms with Crippen LogP contribution in [0.5, 0.6) is 5.75 Å². The van der Waals surface area contributed by atoms with Gasteiger partial charge in [-0.05, 0) is 52.7 Å². The number of hydrogen-bond acceptors (Lipinski definition) is 5. The number of halogens is 1. The van der Waals surface area contributed by atoms with Gasteiger partial charge in [-0.1, -0.05) is 35.5 Å². The summed E-state index contributed by atoms with van der Waals surface area (Å²) in [5, 5.41) is 12.7. The summed E-state index contributed by atoms with van der Waals surface area (Å²) in [4.78, 5) is 12.4. The summed E-state index contributed by atoms with van der Waals surface area (Å²) in [7, 11) is 0. The van der Waals surface area contributed by atoms with Gasteiger partial charge < -0.3 is 10.1 Å². The smallest absolute Gasteiger partial charge is 0.233 e. The third kappa shape index (κ3) is 5.39. The maximum absolute atomic E-state index is 12.4. The van der Waals surface area contributed by atoms with Crippen molar-refractivity contribution in [3.05, 3.63) is 35.1 Å². The minimum Gasteiger partial charge on any atom is -0.484 e. The number of rotatable bonds is 7. The Morgan fingerprint density at radius 3 is 2.70 bits per heavy atom. The number of ether oxygens (including phenoxy) is 1. The lowest BCUT2D eigenvalue weighted by molar-refractivity contribution is -0.121. The molecule has 1 aromatic carbocycles. The third-order valence-corrected chi connectivity index (χ3v) is 5.36. The van der Waals surface area contributed by atoms with E-state index in [4.69, 9.17) is 16.3 Å². The van der Waals surface area contributed by atoms with Gasteiger partial charge in [0.2, 0.25) is 5.91 Å². The molecule has 0 spiro atoms. The SMILES string of the molecule is C[C@H](Sc1nnc(COc2ccccc2Cl)n1C1CC1)C(=O)NC(C)(C)C. The van der Waals surface area contributed by atoms with Crippen molar-refractivity contribution in [2.75, 3.05) is 0 Å². The second kappa shape index (κ2) is 8.10. The van der Waals surface area contributed by atoms with Crippen molar-refractivity contribution in [2.24, 2.45) is 0 Å². The van der Waals surface area contributed by atoms with Crippen LogP contribution in [-0.2, 0) is 11.4 Å². The Bertz CT molecular complexity index is 814. The van der Waals surface area contributed by atoms with Gasteiger partial charge in [-0.15, -0.1) is 10.2 Å². The topological polar surface area (TPSA) is 69.0 Å². The maximum Gasteiger partial charge on any atom is 0.233 e. The number of thioether (sulfide) groups is 1. The first kappa shape index (κ1) is 20.0. The van der Waals surface area contributed by atoms with Crippen LogP contribution in [0.25, 0.3) is 0 Å². The van der Waals surface area contributed by atoms with E-state index in [1.54, 1.807) is 6.07 Å². The van der Waals surface area contributed by atoms with Crippen molar-refractivity contribution < 1.29 is 9.53 Å². The number of hydrogen-bond donors (Lipinski definition) is 1. The van der Waals surface area contributed by atoms with Gasteiger partial charge in [-0.25, -0.2) is 0 Å². The second-order valence-corrected chi connectivity index (χ2v) is 9.43. The van der Waals surface area contributed by atoms with Crippen LogP contribution in [-0.4, -0.2) is 31.5 Å². The van der Waals surface area contributed by atoms with Crippen molar-refractivity contribution in [1.82, 2.24) is 20.1 Å². The molecular formula is C19H25ClN4O2S. The molecule has 3 rings (SSSR count). The quantitative estimate of drug-likeness (QED) is 0.694. The Hall–Kier alpha value is -1.73. The summed E-state index contributed by atoms with van der Waals surface area (Å²) >= 11 is 7.58. The Morgan fingerprint density at radius 1 is 1.37 bits per heavy atom. The Labute approximate surface area is 169 Å². The molecule has 1 aromatic heterocycles. The number of carbonyl (C=O) groups excluding carboxylic acids is 1. The molecule has 1 N–H and O–H groups in total. The fourth-order valence-corrected chi connectivity index (χ4v) is 3.70. The fourth-order valence-electron chi connectivity index (χ4n) is 2.57. The van der Waals surface area contributed by atoms with E-state index in [0.717, 1.165) is 23.8 Å². The van der Waals surface area contributed by atoms with Gasteiger partial charge in [0, 0.05) is 11.6 Å². The molecule has 1 saturated carbocycles. The molecule has 0 bridgehead atoms. The molecule has 1 aliphatic carbocycles. The van der Waals surface area contributed by atoms with Gasteiger partial charge in [0.05, 0.1) is 10.3 Å². The van der Waals surface area contributed by atoms with Crippen molar-refractivity contribution in [2.45, 2.75) is 69.1 Å². The monoisotopic (exact) mass is 408 g/mol. The van der Waals surface area contributed by atoms with E-state index in [1.807, 2.05) is 45.9 Å². The lowest BCUT2D eigenvalue weighted by atomic mass is 10.1. The number of aromatic nitrogens is 3. The average molecular weight is 409 g/mol. The van der Waals surface area contributed by atoms with Crippen LogP contribution in [0.15, 0.2) is 29.4 Å². The third-order valence-electron chi connectivity index (χ3n) is 3.99. The van der Waals surface area contributed by atoms with Crippen LogP contribution in [0.4, 0.5) is 0 Å². The highest BCUT2D eigenvalue weighted by Gasteiger charge is 2.31. The molecule has 0 saturated heterocycles. The maximum atomic E-state index is 12.4. The first-order valence-corrected chi connectivity index (χ1v) is 10.3. The predicted octanol–water partition coefficient (Wildman–Crippen LogP) is 4.24. The molecule has 0 radical (unpaired) electrons. The van der Waals surface area contributed by atoms with Gasteiger partial charge in [0.1, 0.15) is 12.4 Å². The number of carbonyl (C=O) groups is 1. The van der Waals surface area contributed by atoms with Crippen molar-refractivity contribution >= 4 is 29.3 Å². The number of nitrogens with one attached hydrogen (secondary N) is 1. The molecular weight excluding hydrogens is 384 g/mol. The summed E-state index contributed by atoms with van der Waals surface area (Å²) in [5.74, 6) is 1.37. The van der Waals surface area contributed by atoms with E-state index in [0.29, 0.717) is 16.8 Å². The normalized spacial score (nSPS) is 15.4. The van der Waals surface area contributed by atoms with Crippen LogP contribution < -0.4 is 10.1 Å². The molecule has 2 aromatic rings. The number of benzene rings is 1. The minimum absolute atomic E-state index is 0.00767. The van der Waals surface area contributed by atoms with E-state index in [1.165, 1.54) is 11.8 Å². The molecule has 1 fully saturated rings. The summed E-state index contributed by atoms with van der Waals surface area (Å²) < 4.78 is 7.93. The highest BCUT2D eigenvalue weighted by atomic mass is 35.5. The van der Waals surface area contributed by atoms with E-state index in [-0.39, 0.29) is 23.3 Å². The number of nitrogens with zero attached hydrogens (tertiary/aromatic N) is 3. The van der Waals surface area contributed by atoms with Crippen LogP contribution in [0.3, 0.4) is 0 Å². The van der Waals surface area contributed by atoms with E-state index in [2.05, 4.69) is 20.1 Å². The summed E-state index contributed by atoms with van der Waals surface area (Å²) in [5.41, 5.74) is -0.260. The molecule has 27 heavy (non-hydrogen) atoms. The molecule has 1 aliphatic rings. The van der Waals surface area contributed by atoms with E-state index >= 15 is 0 Å². The lowest BCUT2D eigenvalue weighted by Crippen LogP contribution is -2.44. The summed E-state index contributed by atoms with van der Waals surface area (Å²) in [6.45, 7) is 8.09.